The van der Waals surface area contributed by atoms with Crippen LogP contribution in [0.15, 0.2) is 5.38 Å². The zero-order valence-corrected chi connectivity index (χ0v) is 9.36. The Morgan fingerprint density at radius 3 is 2.33 bits per heavy atom. The van der Waals surface area contributed by atoms with Crippen molar-refractivity contribution >= 4 is 17.3 Å². The van der Waals surface area contributed by atoms with Gasteiger partial charge < -0.3 is 5.11 Å². The van der Waals surface area contributed by atoms with Gasteiger partial charge in [0.15, 0.2) is 0 Å². The molecule has 0 spiro atoms. The Bertz CT molecular complexity index is 382. The molecular formula is C9H11F2NO2S. The van der Waals surface area contributed by atoms with Crippen LogP contribution in [0.5, 0.6) is 0 Å². The fraction of sp³-hybridized carbons (Fsp3) is 0.556. The summed E-state index contributed by atoms with van der Waals surface area (Å²) in [6.07, 6.45) is 0. The third-order valence-corrected chi connectivity index (χ3v) is 3.19. The molecule has 6 heteroatoms. The average Bonchev–Trinajstić information content (AvgIpc) is 2.50. The summed E-state index contributed by atoms with van der Waals surface area (Å²) in [5.74, 6) is -4.11. The van der Waals surface area contributed by atoms with E-state index < -0.39 is 17.3 Å². The van der Waals surface area contributed by atoms with E-state index in [9.17, 15) is 13.6 Å². The topological polar surface area (TPSA) is 50.2 Å². The van der Waals surface area contributed by atoms with Crippen molar-refractivity contribution in [2.24, 2.45) is 0 Å². The second-order valence-corrected chi connectivity index (χ2v) is 4.71. The molecule has 0 bridgehead atoms. The predicted octanol–water partition coefficient (Wildman–Crippen LogP) is 2.62. The molecule has 0 atom stereocenters. The Hall–Kier alpha value is -1.04. The Kier molecular flexibility index (Phi) is 2.82. The minimum absolute atomic E-state index is 0.187. The highest BCUT2D eigenvalue weighted by atomic mass is 32.1. The summed E-state index contributed by atoms with van der Waals surface area (Å²) in [6, 6.07) is 0. The minimum Gasteiger partial charge on any atom is -0.481 e. The highest BCUT2D eigenvalue weighted by Gasteiger charge is 2.36. The van der Waals surface area contributed by atoms with Crippen molar-refractivity contribution in [3.63, 3.8) is 0 Å². The van der Waals surface area contributed by atoms with Gasteiger partial charge in [-0.3, -0.25) is 4.79 Å². The molecule has 1 N–H and O–H groups in total. The van der Waals surface area contributed by atoms with E-state index in [0.29, 0.717) is 0 Å². The second kappa shape index (κ2) is 3.52. The van der Waals surface area contributed by atoms with Gasteiger partial charge in [0.2, 0.25) is 0 Å². The van der Waals surface area contributed by atoms with Crippen LogP contribution in [-0.2, 0) is 16.1 Å². The second-order valence-electron chi connectivity index (χ2n) is 3.86. The first-order chi connectivity index (χ1) is 6.65. The number of hydrogen-bond donors (Lipinski definition) is 1. The van der Waals surface area contributed by atoms with Crippen LogP contribution in [0.3, 0.4) is 0 Å². The number of carboxylic acids is 1. The molecule has 1 aromatic heterocycles. The molecule has 0 aliphatic rings. The first-order valence-electron chi connectivity index (χ1n) is 4.23. The van der Waals surface area contributed by atoms with Crippen LogP contribution in [0.4, 0.5) is 8.78 Å². The van der Waals surface area contributed by atoms with Gasteiger partial charge in [0.05, 0.1) is 0 Å². The molecule has 0 unspecified atom stereocenters. The van der Waals surface area contributed by atoms with Crippen LogP contribution in [0.25, 0.3) is 0 Å². The standard InChI is InChI=1S/C9H11F2NO2S/c1-8(2,7(13)14)6-12-5(4-15-6)9(3,10)11/h4H,1-3H3,(H,13,14). The van der Waals surface area contributed by atoms with E-state index in [0.717, 1.165) is 18.3 Å². The molecule has 15 heavy (non-hydrogen) atoms. The van der Waals surface area contributed by atoms with Gasteiger partial charge in [-0.15, -0.1) is 11.3 Å². The molecular weight excluding hydrogens is 224 g/mol. The zero-order valence-electron chi connectivity index (χ0n) is 8.54. The third kappa shape index (κ3) is 2.31. The number of thiazole rings is 1. The number of carbonyl (C=O) groups is 1. The maximum Gasteiger partial charge on any atom is 0.316 e. The van der Waals surface area contributed by atoms with Crippen molar-refractivity contribution in [3.05, 3.63) is 16.1 Å². The van der Waals surface area contributed by atoms with E-state index in [-0.39, 0.29) is 10.7 Å². The van der Waals surface area contributed by atoms with Gasteiger partial charge in [-0.1, -0.05) is 0 Å². The van der Waals surface area contributed by atoms with Crippen molar-refractivity contribution < 1.29 is 18.7 Å². The largest absolute Gasteiger partial charge is 0.481 e. The molecule has 0 saturated carbocycles. The average molecular weight is 235 g/mol. The van der Waals surface area contributed by atoms with E-state index >= 15 is 0 Å². The first kappa shape index (κ1) is 12.0. The minimum atomic E-state index is -3.02. The van der Waals surface area contributed by atoms with E-state index in [1.807, 2.05) is 0 Å². The number of aliphatic carboxylic acids is 1. The van der Waals surface area contributed by atoms with E-state index in [1.54, 1.807) is 0 Å². The summed E-state index contributed by atoms with van der Waals surface area (Å²) in [5.41, 5.74) is -1.61. The lowest BCUT2D eigenvalue weighted by Crippen LogP contribution is -2.28. The molecule has 0 aliphatic carbocycles. The summed E-state index contributed by atoms with van der Waals surface area (Å²) < 4.78 is 25.7. The summed E-state index contributed by atoms with van der Waals surface area (Å²) in [4.78, 5) is 14.5. The number of aromatic nitrogens is 1. The Balaban J connectivity index is 3.10. The van der Waals surface area contributed by atoms with Gasteiger partial charge in [-0.2, -0.15) is 8.78 Å². The van der Waals surface area contributed by atoms with Gasteiger partial charge >= 0.3 is 5.97 Å². The highest BCUT2D eigenvalue weighted by molar-refractivity contribution is 7.10. The van der Waals surface area contributed by atoms with Crippen molar-refractivity contribution in [2.45, 2.75) is 32.1 Å². The van der Waals surface area contributed by atoms with Crippen molar-refractivity contribution in [2.75, 3.05) is 0 Å². The van der Waals surface area contributed by atoms with E-state index in [1.165, 1.54) is 19.2 Å². The zero-order chi connectivity index (χ0) is 11.9. The maximum absolute atomic E-state index is 12.9. The van der Waals surface area contributed by atoms with Gasteiger partial charge in [-0.05, 0) is 13.8 Å². The quantitative estimate of drug-likeness (QED) is 0.876. The van der Waals surface area contributed by atoms with Crippen molar-refractivity contribution in [1.29, 1.82) is 0 Å². The third-order valence-electron chi connectivity index (χ3n) is 2.02. The van der Waals surface area contributed by atoms with E-state index in [2.05, 4.69) is 4.98 Å². The van der Waals surface area contributed by atoms with Gasteiger partial charge in [0, 0.05) is 12.3 Å². The van der Waals surface area contributed by atoms with Gasteiger partial charge in [0.25, 0.3) is 5.92 Å². The normalized spacial score (nSPS) is 12.9. The SMILES string of the molecule is CC(F)(F)c1csc(C(C)(C)C(=O)O)n1. The summed E-state index contributed by atoms with van der Waals surface area (Å²) in [7, 11) is 0. The molecule has 1 heterocycles. The Labute approximate surface area is 89.8 Å². The Morgan fingerprint density at radius 2 is 2.00 bits per heavy atom. The molecule has 0 aromatic carbocycles. The predicted molar refractivity (Wildman–Crippen MR) is 52.3 cm³/mol. The molecule has 0 saturated heterocycles. The summed E-state index contributed by atoms with van der Waals surface area (Å²) in [6.45, 7) is 3.61. The molecule has 0 radical (unpaired) electrons. The molecule has 3 nitrogen and oxygen atoms in total. The monoisotopic (exact) mass is 235 g/mol. The first-order valence-corrected chi connectivity index (χ1v) is 5.11. The van der Waals surface area contributed by atoms with Crippen LogP contribution in [0.1, 0.15) is 31.5 Å². The number of rotatable bonds is 3. The fourth-order valence-electron chi connectivity index (χ4n) is 0.854. The van der Waals surface area contributed by atoms with Crippen LogP contribution in [0.2, 0.25) is 0 Å². The van der Waals surface area contributed by atoms with Gasteiger partial charge in [-0.25, -0.2) is 4.98 Å². The molecule has 84 valence electrons. The molecule has 1 rings (SSSR count). The van der Waals surface area contributed by atoms with Crippen LogP contribution in [0, 0.1) is 0 Å². The Morgan fingerprint density at radius 1 is 1.47 bits per heavy atom. The summed E-state index contributed by atoms with van der Waals surface area (Å²) >= 11 is 0.940. The number of halogens is 2. The lowest BCUT2D eigenvalue weighted by molar-refractivity contribution is -0.142. The van der Waals surface area contributed by atoms with Crippen molar-refractivity contribution in [1.82, 2.24) is 4.98 Å². The molecule has 1 aromatic rings. The smallest absolute Gasteiger partial charge is 0.316 e. The maximum atomic E-state index is 12.9. The molecule has 0 aliphatic heterocycles. The molecule has 0 fully saturated rings. The lowest BCUT2D eigenvalue weighted by atomic mass is 9.95. The fourth-order valence-corrected chi connectivity index (χ4v) is 1.87. The highest BCUT2D eigenvalue weighted by Crippen LogP contribution is 2.32. The number of carboxylic acid groups (broad SMARTS) is 1. The number of nitrogens with zero attached hydrogens (tertiary/aromatic N) is 1. The van der Waals surface area contributed by atoms with Crippen LogP contribution >= 0.6 is 11.3 Å². The van der Waals surface area contributed by atoms with Crippen molar-refractivity contribution in [3.8, 4) is 0 Å². The van der Waals surface area contributed by atoms with Crippen LogP contribution in [-0.4, -0.2) is 16.1 Å². The van der Waals surface area contributed by atoms with E-state index in [4.69, 9.17) is 5.11 Å². The number of alkyl halides is 2. The van der Waals surface area contributed by atoms with Gasteiger partial charge in [0.1, 0.15) is 16.1 Å². The lowest BCUT2D eigenvalue weighted by Gasteiger charge is -2.15. The summed E-state index contributed by atoms with van der Waals surface area (Å²) in [5, 5.41) is 10.3. The van der Waals surface area contributed by atoms with Crippen LogP contribution < -0.4 is 0 Å². The number of hydrogen-bond acceptors (Lipinski definition) is 3. The molecule has 0 amide bonds.